The summed E-state index contributed by atoms with van der Waals surface area (Å²) < 4.78 is 35.0. The van der Waals surface area contributed by atoms with Crippen molar-refractivity contribution in [3.63, 3.8) is 0 Å². The fourth-order valence-corrected chi connectivity index (χ4v) is 2.64. The number of carbonyl (C=O) groups is 1. The smallest absolute Gasteiger partial charge is 0.387 e. The van der Waals surface area contributed by atoms with Gasteiger partial charge >= 0.3 is 6.61 Å². The lowest BCUT2D eigenvalue weighted by Crippen LogP contribution is -2.33. The van der Waals surface area contributed by atoms with Gasteiger partial charge in [0.15, 0.2) is 5.11 Å². The third-order valence-electron chi connectivity index (χ3n) is 3.67. The molecule has 2 N–H and O–H groups in total. The minimum Gasteiger partial charge on any atom is -0.457 e. The summed E-state index contributed by atoms with van der Waals surface area (Å²) in [7, 11) is 0. The van der Waals surface area contributed by atoms with Crippen LogP contribution in [0.1, 0.15) is 5.76 Å². The Balaban J connectivity index is 1.57. The second-order valence-electron chi connectivity index (χ2n) is 5.72. The van der Waals surface area contributed by atoms with Crippen LogP contribution in [0.3, 0.4) is 0 Å². The number of halogens is 2. The molecule has 0 saturated carbocycles. The first kappa shape index (κ1) is 20.2. The first-order valence-electron chi connectivity index (χ1n) is 8.50. The predicted molar refractivity (Wildman–Crippen MR) is 111 cm³/mol. The molecule has 1 aromatic heterocycles. The molecule has 8 heteroatoms. The van der Waals surface area contributed by atoms with E-state index in [4.69, 9.17) is 16.6 Å². The molecule has 0 saturated heterocycles. The first-order chi connectivity index (χ1) is 14.0. The molecule has 0 radical (unpaired) electrons. The molecule has 2 aromatic carbocycles. The highest BCUT2D eigenvalue weighted by molar-refractivity contribution is 7.80. The minimum absolute atomic E-state index is 0.0608. The van der Waals surface area contributed by atoms with Gasteiger partial charge in [0, 0.05) is 11.6 Å². The van der Waals surface area contributed by atoms with Gasteiger partial charge in [-0.3, -0.25) is 10.1 Å². The van der Waals surface area contributed by atoms with Gasteiger partial charge < -0.3 is 14.5 Å². The Labute approximate surface area is 171 Å². The summed E-state index contributed by atoms with van der Waals surface area (Å²) >= 11 is 5.04. The first-order valence-corrected chi connectivity index (χ1v) is 8.91. The van der Waals surface area contributed by atoms with Crippen molar-refractivity contribution < 1.29 is 22.7 Å². The summed E-state index contributed by atoms with van der Waals surface area (Å²) in [5.74, 6) is 0.582. The standard InChI is InChI=1S/C21H16F2N2O3S/c22-20(23)28-18-9-5-4-8-16(18)24-21(29)25-19(26)13-11-15-10-12-17(27-15)14-6-2-1-3-7-14/h1-13,20H,(H2,24,25,26,29)/b13-11+. The van der Waals surface area contributed by atoms with E-state index in [0.29, 0.717) is 11.5 Å². The highest BCUT2D eigenvalue weighted by atomic mass is 32.1. The van der Waals surface area contributed by atoms with E-state index in [9.17, 15) is 13.6 Å². The number of alkyl halides is 2. The maximum Gasteiger partial charge on any atom is 0.387 e. The number of hydrogen-bond acceptors (Lipinski definition) is 4. The van der Waals surface area contributed by atoms with Crippen molar-refractivity contribution in [3.05, 3.63) is 78.6 Å². The molecule has 0 fully saturated rings. The monoisotopic (exact) mass is 414 g/mol. The van der Waals surface area contributed by atoms with Crippen LogP contribution in [0.5, 0.6) is 5.75 Å². The van der Waals surface area contributed by atoms with E-state index in [2.05, 4.69) is 15.4 Å². The third kappa shape index (κ3) is 5.98. The molecule has 29 heavy (non-hydrogen) atoms. The summed E-state index contributed by atoms with van der Waals surface area (Å²) in [6.07, 6.45) is 2.75. The van der Waals surface area contributed by atoms with Crippen molar-refractivity contribution in [2.24, 2.45) is 0 Å². The molecular formula is C21H16F2N2O3S. The number of hydrogen-bond donors (Lipinski definition) is 2. The van der Waals surface area contributed by atoms with E-state index in [-0.39, 0.29) is 16.5 Å². The van der Waals surface area contributed by atoms with Crippen LogP contribution in [-0.4, -0.2) is 17.6 Å². The second-order valence-corrected chi connectivity index (χ2v) is 6.13. The fraction of sp³-hybridized carbons (Fsp3) is 0.0476. The number of anilines is 1. The number of thiocarbonyl (C=S) groups is 1. The number of benzene rings is 2. The summed E-state index contributed by atoms with van der Waals surface area (Å²) in [5.41, 5.74) is 1.13. The second kappa shape index (κ2) is 9.61. The van der Waals surface area contributed by atoms with E-state index in [0.717, 1.165) is 5.56 Å². The van der Waals surface area contributed by atoms with Gasteiger partial charge in [-0.25, -0.2) is 0 Å². The number of furan rings is 1. The Morgan fingerprint density at radius 2 is 1.76 bits per heavy atom. The Kier molecular flexibility index (Phi) is 6.70. The van der Waals surface area contributed by atoms with Gasteiger partial charge in [0.1, 0.15) is 17.3 Å². The number of ether oxygens (including phenoxy) is 1. The minimum atomic E-state index is -2.97. The quantitative estimate of drug-likeness (QED) is 0.435. The van der Waals surface area contributed by atoms with Crippen LogP contribution in [0.2, 0.25) is 0 Å². The highest BCUT2D eigenvalue weighted by Crippen LogP contribution is 2.25. The maximum absolute atomic E-state index is 12.4. The molecule has 0 spiro atoms. The Morgan fingerprint density at radius 1 is 1.03 bits per heavy atom. The average molecular weight is 414 g/mol. The molecular weight excluding hydrogens is 398 g/mol. The van der Waals surface area contributed by atoms with Gasteiger partial charge in [-0.1, -0.05) is 42.5 Å². The van der Waals surface area contributed by atoms with E-state index in [1.807, 2.05) is 30.3 Å². The molecule has 0 bridgehead atoms. The zero-order valence-corrected chi connectivity index (χ0v) is 15.8. The molecule has 148 valence electrons. The van der Waals surface area contributed by atoms with E-state index in [1.165, 1.54) is 24.3 Å². The van der Waals surface area contributed by atoms with Crippen LogP contribution in [0.4, 0.5) is 14.5 Å². The molecule has 5 nitrogen and oxygen atoms in total. The molecule has 0 aliphatic rings. The average Bonchev–Trinajstić information content (AvgIpc) is 3.17. The number of para-hydroxylation sites is 2. The Bertz CT molecular complexity index is 1020. The number of carbonyl (C=O) groups excluding carboxylic acids is 1. The van der Waals surface area contributed by atoms with Crippen LogP contribution >= 0.6 is 12.2 Å². The number of rotatable bonds is 6. The molecule has 3 rings (SSSR count). The highest BCUT2D eigenvalue weighted by Gasteiger charge is 2.11. The summed E-state index contributed by atoms with van der Waals surface area (Å²) in [6.45, 7) is -2.97. The van der Waals surface area contributed by atoms with Crippen LogP contribution in [0.25, 0.3) is 17.4 Å². The topological polar surface area (TPSA) is 63.5 Å². The zero-order valence-electron chi connectivity index (χ0n) is 15.0. The zero-order chi connectivity index (χ0) is 20.6. The van der Waals surface area contributed by atoms with Gasteiger partial charge in [0.05, 0.1) is 5.69 Å². The lowest BCUT2D eigenvalue weighted by Gasteiger charge is -2.13. The molecule has 3 aromatic rings. The number of amides is 1. The van der Waals surface area contributed by atoms with E-state index < -0.39 is 12.5 Å². The summed E-state index contributed by atoms with van der Waals surface area (Å²) in [5, 5.41) is 5.02. The van der Waals surface area contributed by atoms with Gasteiger partial charge in [0.25, 0.3) is 0 Å². The van der Waals surface area contributed by atoms with Crippen molar-refractivity contribution in [2.75, 3.05) is 5.32 Å². The lowest BCUT2D eigenvalue weighted by molar-refractivity contribution is -0.115. The predicted octanol–water partition coefficient (Wildman–Crippen LogP) is 5.07. The van der Waals surface area contributed by atoms with Crippen LogP contribution in [-0.2, 0) is 4.79 Å². The largest absolute Gasteiger partial charge is 0.457 e. The van der Waals surface area contributed by atoms with E-state index >= 15 is 0 Å². The van der Waals surface area contributed by atoms with Crippen molar-refractivity contribution in [3.8, 4) is 17.1 Å². The number of nitrogens with one attached hydrogen (secondary N) is 2. The third-order valence-corrected chi connectivity index (χ3v) is 3.88. The van der Waals surface area contributed by atoms with Crippen molar-refractivity contribution in [2.45, 2.75) is 6.61 Å². The molecule has 0 unspecified atom stereocenters. The summed E-state index contributed by atoms with van der Waals surface area (Å²) in [4.78, 5) is 12.0. The Hall–Kier alpha value is -3.52. The van der Waals surface area contributed by atoms with Crippen LogP contribution < -0.4 is 15.4 Å². The Morgan fingerprint density at radius 3 is 2.52 bits per heavy atom. The van der Waals surface area contributed by atoms with Crippen molar-refractivity contribution in [1.82, 2.24) is 5.32 Å². The molecule has 1 amide bonds. The normalized spacial score (nSPS) is 10.9. The SMILES string of the molecule is O=C(/C=C/c1ccc(-c2ccccc2)o1)NC(=S)Nc1ccccc1OC(F)F. The van der Waals surface area contributed by atoms with E-state index in [1.54, 1.807) is 24.3 Å². The van der Waals surface area contributed by atoms with Gasteiger partial charge in [-0.2, -0.15) is 8.78 Å². The van der Waals surface area contributed by atoms with Gasteiger partial charge in [-0.05, 0) is 42.6 Å². The van der Waals surface area contributed by atoms with Gasteiger partial charge in [-0.15, -0.1) is 0 Å². The van der Waals surface area contributed by atoms with Crippen LogP contribution in [0.15, 0.2) is 77.2 Å². The van der Waals surface area contributed by atoms with Crippen molar-refractivity contribution in [1.29, 1.82) is 0 Å². The van der Waals surface area contributed by atoms with Crippen molar-refractivity contribution >= 4 is 35.0 Å². The lowest BCUT2D eigenvalue weighted by atomic mass is 10.2. The molecule has 0 aliphatic carbocycles. The molecule has 0 atom stereocenters. The molecule has 1 heterocycles. The maximum atomic E-state index is 12.4. The molecule has 0 aliphatic heterocycles. The fourth-order valence-electron chi connectivity index (χ4n) is 2.43. The van der Waals surface area contributed by atoms with Gasteiger partial charge in [0.2, 0.25) is 5.91 Å². The summed E-state index contributed by atoms with van der Waals surface area (Å²) in [6, 6.07) is 19.1. The van der Waals surface area contributed by atoms with Crippen LogP contribution in [0, 0.1) is 0 Å².